The van der Waals surface area contributed by atoms with E-state index in [4.69, 9.17) is 9.31 Å². The third-order valence-electron chi connectivity index (χ3n) is 5.33. The highest BCUT2D eigenvalue weighted by Gasteiger charge is 2.53. The average molecular weight is 352 g/mol. The Morgan fingerprint density at radius 2 is 1.72 bits per heavy atom. The predicted molar refractivity (Wildman–Crippen MR) is 90.0 cm³/mol. The number of hydrogen-bond acceptors (Lipinski definition) is 4. The van der Waals surface area contributed by atoms with Gasteiger partial charge in [-0.3, -0.25) is 9.78 Å². The van der Waals surface area contributed by atoms with E-state index in [2.05, 4.69) is 4.98 Å². The van der Waals surface area contributed by atoms with Crippen molar-refractivity contribution in [3.63, 3.8) is 0 Å². The van der Waals surface area contributed by atoms with Crippen LogP contribution in [0.4, 0.5) is 8.78 Å². The lowest BCUT2D eigenvalue weighted by molar-refractivity contribution is -0.0495. The summed E-state index contributed by atoms with van der Waals surface area (Å²) in [5.74, 6) is -3.06. The van der Waals surface area contributed by atoms with Crippen LogP contribution in [0.3, 0.4) is 0 Å². The topological polar surface area (TPSA) is 51.7 Å². The van der Waals surface area contributed by atoms with Crippen LogP contribution in [0.25, 0.3) is 0 Å². The summed E-state index contributed by atoms with van der Waals surface area (Å²) in [7, 11) is -0.719. The number of nitrogens with zero attached hydrogens (tertiary/aromatic N) is 2. The van der Waals surface area contributed by atoms with Gasteiger partial charge in [-0.25, -0.2) is 8.78 Å². The molecule has 1 aromatic heterocycles. The molecule has 8 heteroatoms. The Morgan fingerprint density at radius 3 is 2.28 bits per heavy atom. The number of alkyl halides is 2. The molecule has 0 saturated carbocycles. The molecule has 0 radical (unpaired) electrons. The molecule has 1 amide bonds. The van der Waals surface area contributed by atoms with Crippen LogP contribution in [0.15, 0.2) is 18.3 Å². The Kier molecular flexibility index (Phi) is 4.40. The second kappa shape index (κ2) is 6.02. The summed E-state index contributed by atoms with van der Waals surface area (Å²) in [6.45, 7) is 7.75. The second-order valence-corrected chi connectivity index (χ2v) is 7.68. The number of aromatic nitrogens is 1. The molecule has 1 aromatic rings. The maximum Gasteiger partial charge on any atom is 0.497 e. The van der Waals surface area contributed by atoms with Gasteiger partial charge in [0.2, 0.25) is 0 Å². The zero-order valence-corrected chi connectivity index (χ0v) is 15.0. The maximum atomic E-state index is 13.3. The molecule has 2 fully saturated rings. The Labute approximate surface area is 146 Å². The highest BCUT2D eigenvalue weighted by atomic mass is 19.3. The van der Waals surface area contributed by atoms with Crippen LogP contribution < -0.4 is 5.46 Å². The van der Waals surface area contributed by atoms with Gasteiger partial charge in [-0.2, -0.15) is 0 Å². The van der Waals surface area contributed by atoms with Crippen LogP contribution in [0.1, 0.15) is 51.0 Å². The van der Waals surface area contributed by atoms with Crippen LogP contribution >= 0.6 is 0 Å². The SMILES string of the molecule is CC1(C)OB(c2cccnc2C(=O)N2CCC(F)(F)CC2)OC1(C)C. The van der Waals surface area contributed by atoms with Crippen molar-refractivity contribution in [3.8, 4) is 0 Å². The normalized spacial score (nSPS) is 24.4. The fourth-order valence-corrected chi connectivity index (χ4v) is 2.94. The molecule has 2 saturated heterocycles. The summed E-state index contributed by atoms with van der Waals surface area (Å²) in [6.07, 6.45) is 0.870. The van der Waals surface area contributed by atoms with E-state index in [-0.39, 0.29) is 37.5 Å². The Hall–Kier alpha value is -1.54. The predicted octanol–water partition coefficient (Wildman–Crippen LogP) is 2.25. The Bertz CT molecular complexity index is 656. The van der Waals surface area contributed by atoms with Crippen molar-refractivity contribution >= 4 is 18.5 Å². The lowest BCUT2D eigenvalue weighted by atomic mass is 9.77. The summed E-state index contributed by atoms with van der Waals surface area (Å²) in [6, 6.07) is 3.45. The Morgan fingerprint density at radius 1 is 1.16 bits per heavy atom. The van der Waals surface area contributed by atoms with Crippen LogP contribution in [0.2, 0.25) is 0 Å². The molecule has 0 spiro atoms. The minimum absolute atomic E-state index is 0.0191. The van der Waals surface area contributed by atoms with E-state index < -0.39 is 24.2 Å². The lowest BCUT2D eigenvalue weighted by Gasteiger charge is -2.32. The van der Waals surface area contributed by atoms with E-state index in [1.807, 2.05) is 27.7 Å². The standard InChI is InChI=1S/C17H23BF2N2O3/c1-15(2)16(3,4)25-18(24-15)12-6-5-9-21-13(12)14(23)22-10-7-17(19,20)8-11-22/h5-6,9H,7-8,10-11H2,1-4H3. The molecule has 2 aliphatic rings. The molecule has 0 N–H and O–H groups in total. The number of halogens is 2. The summed E-state index contributed by atoms with van der Waals surface area (Å²) >= 11 is 0. The fraction of sp³-hybridized carbons (Fsp3) is 0.647. The first-order valence-electron chi connectivity index (χ1n) is 8.50. The molecule has 0 aromatic carbocycles. The summed E-state index contributed by atoms with van der Waals surface area (Å²) in [5, 5.41) is 0. The van der Waals surface area contributed by atoms with Gasteiger partial charge in [0.1, 0.15) is 5.69 Å². The molecule has 136 valence electrons. The van der Waals surface area contributed by atoms with Crippen LogP contribution in [-0.2, 0) is 9.31 Å². The molecule has 0 bridgehead atoms. The quantitative estimate of drug-likeness (QED) is 0.767. The van der Waals surface area contributed by atoms with Crippen molar-refractivity contribution in [2.24, 2.45) is 0 Å². The monoisotopic (exact) mass is 352 g/mol. The first-order chi connectivity index (χ1) is 11.5. The number of piperidine rings is 1. The highest BCUT2D eigenvalue weighted by Crippen LogP contribution is 2.36. The molecule has 0 unspecified atom stereocenters. The third-order valence-corrected chi connectivity index (χ3v) is 5.33. The molecule has 3 rings (SSSR count). The summed E-state index contributed by atoms with van der Waals surface area (Å²) < 4.78 is 38.7. The van der Waals surface area contributed by atoms with E-state index in [9.17, 15) is 13.6 Å². The van der Waals surface area contributed by atoms with Gasteiger partial charge in [-0.05, 0) is 33.8 Å². The van der Waals surface area contributed by atoms with Crippen molar-refractivity contribution < 1.29 is 22.9 Å². The summed E-state index contributed by atoms with van der Waals surface area (Å²) in [5.41, 5.74) is -0.350. The molecular formula is C17H23BF2N2O3. The van der Waals surface area contributed by atoms with Gasteiger partial charge in [-0.1, -0.05) is 6.07 Å². The van der Waals surface area contributed by atoms with Gasteiger partial charge < -0.3 is 14.2 Å². The van der Waals surface area contributed by atoms with E-state index in [1.165, 1.54) is 11.1 Å². The number of pyridine rings is 1. The maximum absolute atomic E-state index is 13.3. The molecule has 25 heavy (non-hydrogen) atoms. The van der Waals surface area contributed by atoms with Crippen LogP contribution in [0.5, 0.6) is 0 Å². The molecule has 2 aliphatic heterocycles. The van der Waals surface area contributed by atoms with Crippen LogP contribution in [0, 0.1) is 0 Å². The molecular weight excluding hydrogens is 329 g/mol. The van der Waals surface area contributed by atoms with E-state index in [0.29, 0.717) is 5.46 Å². The van der Waals surface area contributed by atoms with Crippen molar-refractivity contribution in [2.75, 3.05) is 13.1 Å². The van der Waals surface area contributed by atoms with Crippen molar-refractivity contribution in [2.45, 2.75) is 57.7 Å². The highest BCUT2D eigenvalue weighted by molar-refractivity contribution is 6.63. The average Bonchev–Trinajstić information content (AvgIpc) is 2.75. The zero-order valence-electron chi connectivity index (χ0n) is 15.0. The number of amides is 1. The molecule has 0 aliphatic carbocycles. The number of hydrogen-bond donors (Lipinski definition) is 0. The summed E-state index contributed by atoms with van der Waals surface area (Å²) in [4.78, 5) is 18.4. The van der Waals surface area contributed by atoms with E-state index in [1.54, 1.807) is 12.1 Å². The van der Waals surface area contributed by atoms with E-state index in [0.717, 1.165) is 0 Å². The zero-order chi connectivity index (χ0) is 18.5. The van der Waals surface area contributed by atoms with Gasteiger partial charge in [0, 0.05) is 37.6 Å². The second-order valence-electron chi connectivity index (χ2n) is 7.68. The first-order valence-corrected chi connectivity index (χ1v) is 8.50. The number of likely N-dealkylation sites (tertiary alicyclic amines) is 1. The largest absolute Gasteiger partial charge is 0.497 e. The van der Waals surface area contributed by atoms with Gasteiger partial charge in [0.05, 0.1) is 11.2 Å². The van der Waals surface area contributed by atoms with Gasteiger partial charge in [0.15, 0.2) is 0 Å². The van der Waals surface area contributed by atoms with Crippen molar-refractivity contribution in [1.29, 1.82) is 0 Å². The van der Waals surface area contributed by atoms with Crippen molar-refractivity contribution in [3.05, 3.63) is 24.0 Å². The lowest BCUT2D eigenvalue weighted by Crippen LogP contribution is -2.46. The third kappa shape index (κ3) is 3.42. The van der Waals surface area contributed by atoms with Crippen molar-refractivity contribution in [1.82, 2.24) is 9.88 Å². The minimum Gasteiger partial charge on any atom is -0.399 e. The van der Waals surface area contributed by atoms with Gasteiger partial charge in [-0.15, -0.1) is 0 Å². The molecule has 0 atom stereocenters. The number of carbonyl (C=O) groups excluding carboxylic acids is 1. The molecule has 5 nitrogen and oxygen atoms in total. The number of rotatable bonds is 2. The minimum atomic E-state index is -2.70. The van der Waals surface area contributed by atoms with Gasteiger partial charge >= 0.3 is 7.12 Å². The van der Waals surface area contributed by atoms with Crippen LogP contribution in [-0.4, -0.2) is 53.1 Å². The number of carbonyl (C=O) groups is 1. The Balaban J connectivity index is 1.84. The fourth-order valence-electron chi connectivity index (χ4n) is 2.94. The molecule has 3 heterocycles. The van der Waals surface area contributed by atoms with E-state index >= 15 is 0 Å². The first kappa shape index (κ1) is 18.3. The van der Waals surface area contributed by atoms with Gasteiger partial charge in [0.25, 0.3) is 11.8 Å². The smallest absolute Gasteiger partial charge is 0.399 e.